The summed E-state index contributed by atoms with van der Waals surface area (Å²) in [7, 11) is 4.76. The van der Waals surface area contributed by atoms with E-state index in [-0.39, 0.29) is 12.3 Å². The number of ether oxygens (including phenoxy) is 4. The minimum Gasteiger partial charge on any atom is -0.497 e. The zero-order valence-electron chi connectivity index (χ0n) is 19.6. The smallest absolute Gasteiger partial charge is 0.227 e. The molecule has 1 amide bonds. The van der Waals surface area contributed by atoms with E-state index in [1.807, 2.05) is 24.3 Å². The van der Waals surface area contributed by atoms with E-state index in [9.17, 15) is 4.79 Å². The Morgan fingerprint density at radius 2 is 1.49 bits per heavy atom. The third kappa shape index (κ3) is 6.08. The first-order valence-electron chi connectivity index (χ1n) is 10.8. The molecule has 1 heterocycles. The van der Waals surface area contributed by atoms with E-state index in [1.54, 1.807) is 63.8 Å². The lowest BCUT2D eigenvalue weighted by Gasteiger charge is -2.13. The van der Waals surface area contributed by atoms with Gasteiger partial charge in [0.15, 0.2) is 11.5 Å². The summed E-state index contributed by atoms with van der Waals surface area (Å²) in [5, 5.41) is 6.85. The lowest BCUT2D eigenvalue weighted by molar-refractivity contribution is -0.116. The quantitative estimate of drug-likeness (QED) is 0.337. The third-order valence-electron chi connectivity index (χ3n) is 5.12. The Balaban J connectivity index is 1.36. The minimum atomic E-state index is -0.199. The van der Waals surface area contributed by atoms with E-state index < -0.39 is 0 Å². The van der Waals surface area contributed by atoms with Crippen molar-refractivity contribution in [3.63, 3.8) is 0 Å². The van der Waals surface area contributed by atoms with Crippen molar-refractivity contribution < 1.29 is 28.3 Å². The van der Waals surface area contributed by atoms with Gasteiger partial charge in [-0.05, 0) is 60.7 Å². The van der Waals surface area contributed by atoms with Crippen LogP contribution in [0, 0.1) is 0 Å². The zero-order valence-corrected chi connectivity index (χ0v) is 19.6. The minimum absolute atomic E-state index is 0.172. The molecule has 9 nitrogen and oxygen atoms in total. The van der Waals surface area contributed by atoms with Gasteiger partial charge in [0, 0.05) is 30.2 Å². The highest BCUT2D eigenvalue weighted by molar-refractivity contribution is 5.91. The topological polar surface area (TPSA) is 105 Å². The second-order valence-corrected chi connectivity index (χ2v) is 7.43. The van der Waals surface area contributed by atoms with Crippen LogP contribution in [0.2, 0.25) is 0 Å². The van der Waals surface area contributed by atoms with Crippen molar-refractivity contribution in [2.75, 3.05) is 26.6 Å². The number of hydrogen-bond donors (Lipinski definition) is 1. The van der Waals surface area contributed by atoms with E-state index in [0.29, 0.717) is 41.1 Å². The predicted octanol–water partition coefficient (Wildman–Crippen LogP) is 5.13. The van der Waals surface area contributed by atoms with E-state index in [1.165, 1.54) is 0 Å². The number of hydrogen-bond acceptors (Lipinski definition) is 8. The normalized spacial score (nSPS) is 10.5. The number of anilines is 1. The molecule has 0 atom stereocenters. The number of nitrogens with one attached hydrogen (secondary N) is 1. The first-order chi connectivity index (χ1) is 17.1. The van der Waals surface area contributed by atoms with Gasteiger partial charge in [0.1, 0.15) is 17.2 Å². The van der Waals surface area contributed by atoms with Crippen LogP contribution in [0.1, 0.15) is 12.3 Å². The largest absolute Gasteiger partial charge is 0.497 e. The number of methoxy groups -OCH3 is 3. The average Bonchev–Trinajstić information content (AvgIpc) is 3.37. The number of carbonyl (C=O) groups is 1. The van der Waals surface area contributed by atoms with Crippen LogP contribution in [0.15, 0.2) is 71.3 Å². The molecule has 0 spiro atoms. The number of benzene rings is 3. The standard InChI is InChI=1S/C26H25N3O6/c1-31-19-7-4-17(5-8-19)26-28-25(35-29-26)15-14-24(30)27-18-6-13-22(33-3)23(16-18)34-21-11-9-20(32-2)10-12-21/h4-13,16H,14-15H2,1-3H3,(H,27,30). The van der Waals surface area contributed by atoms with Crippen molar-refractivity contribution in [1.29, 1.82) is 0 Å². The molecule has 4 aromatic rings. The van der Waals surface area contributed by atoms with Gasteiger partial charge in [-0.25, -0.2) is 0 Å². The van der Waals surface area contributed by atoms with E-state index in [2.05, 4.69) is 15.5 Å². The summed E-state index contributed by atoms with van der Waals surface area (Å²) in [5.41, 5.74) is 1.37. The highest BCUT2D eigenvalue weighted by Crippen LogP contribution is 2.34. The molecule has 3 aromatic carbocycles. The van der Waals surface area contributed by atoms with Crippen LogP contribution in [0.4, 0.5) is 5.69 Å². The summed E-state index contributed by atoms with van der Waals surface area (Å²) in [6, 6.07) is 19.7. The number of carbonyl (C=O) groups excluding carboxylic acids is 1. The van der Waals surface area contributed by atoms with Gasteiger partial charge < -0.3 is 28.8 Å². The average molecular weight is 476 g/mol. The van der Waals surface area contributed by atoms with Gasteiger partial charge in [-0.2, -0.15) is 4.98 Å². The lowest BCUT2D eigenvalue weighted by atomic mass is 10.2. The van der Waals surface area contributed by atoms with Crippen molar-refractivity contribution in [1.82, 2.24) is 10.1 Å². The summed E-state index contributed by atoms with van der Waals surface area (Å²) in [5.74, 6) is 3.72. The summed E-state index contributed by atoms with van der Waals surface area (Å²) >= 11 is 0. The fourth-order valence-electron chi connectivity index (χ4n) is 3.26. The first kappa shape index (κ1) is 23.6. The Morgan fingerprint density at radius 1 is 0.829 bits per heavy atom. The molecule has 0 aliphatic carbocycles. The number of aryl methyl sites for hydroxylation is 1. The Kier molecular flexibility index (Phi) is 7.47. The van der Waals surface area contributed by atoms with Gasteiger partial charge in [-0.3, -0.25) is 4.79 Å². The second kappa shape index (κ2) is 11.1. The molecular weight excluding hydrogens is 450 g/mol. The summed E-state index contributed by atoms with van der Waals surface area (Å²) in [4.78, 5) is 16.9. The summed E-state index contributed by atoms with van der Waals surface area (Å²) in [6.45, 7) is 0. The highest BCUT2D eigenvalue weighted by atomic mass is 16.5. The van der Waals surface area contributed by atoms with Gasteiger partial charge in [-0.15, -0.1) is 0 Å². The molecule has 0 saturated heterocycles. The molecule has 0 fully saturated rings. The zero-order chi connectivity index (χ0) is 24.6. The number of amides is 1. The number of nitrogens with zero attached hydrogens (tertiary/aromatic N) is 2. The second-order valence-electron chi connectivity index (χ2n) is 7.43. The van der Waals surface area contributed by atoms with Crippen molar-refractivity contribution in [3.8, 4) is 40.1 Å². The molecule has 0 bridgehead atoms. The summed E-state index contributed by atoms with van der Waals surface area (Å²) in [6.07, 6.45) is 0.477. The fourth-order valence-corrected chi connectivity index (χ4v) is 3.26. The molecule has 4 rings (SSSR count). The molecule has 0 unspecified atom stereocenters. The maximum absolute atomic E-state index is 12.5. The summed E-state index contributed by atoms with van der Waals surface area (Å²) < 4.78 is 26.9. The molecule has 0 saturated carbocycles. The van der Waals surface area contributed by atoms with Crippen molar-refractivity contribution in [2.45, 2.75) is 12.8 Å². The maximum atomic E-state index is 12.5. The van der Waals surface area contributed by atoms with Gasteiger partial charge in [0.2, 0.25) is 17.6 Å². The van der Waals surface area contributed by atoms with Crippen LogP contribution in [0.3, 0.4) is 0 Å². The first-order valence-corrected chi connectivity index (χ1v) is 10.8. The van der Waals surface area contributed by atoms with Crippen molar-refractivity contribution in [2.24, 2.45) is 0 Å². The van der Waals surface area contributed by atoms with Gasteiger partial charge in [0.05, 0.1) is 21.3 Å². The molecule has 1 aromatic heterocycles. The van der Waals surface area contributed by atoms with Crippen LogP contribution in [-0.4, -0.2) is 37.4 Å². The predicted molar refractivity (Wildman–Crippen MR) is 129 cm³/mol. The number of aromatic nitrogens is 2. The van der Waals surface area contributed by atoms with Crippen LogP contribution in [-0.2, 0) is 11.2 Å². The van der Waals surface area contributed by atoms with Gasteiger partial charge >= 0.3 is 0 Å². The number of rotatable bonds is 10. The molecular formula is C26H25N3O6. The van der Waals surface area contributed by atoms with Crippen LogP contribution >= 0.6 is 0 Å². The van der Waals surface area contributed by atoms with Crippen LogP contribution in [0.5, 0.6) is 28.7 Å². The van der Waals surface area contributed by atoms with Crippen molar-refractivity contribution in [3.05, 3.63) is 72.6 Å². The molecule has 35 heavy (non-hydrogen) atoms. The van der Waals surface area contributed by atoms with Crippen molar-refractivity contribution >= 4 is 11.6 Å². The third-order valence-corrected chi connectivity index (χ3v) is 5.12. The van der Waals surface area contributed by atoms with E-state index in [0.717, 1.165) is 17.1 Å². The van der Waals surface area contributed by atoms with Gasteiger partial charge in [-0.1, -0.05) is 5.16 Å². The van der Waals surface area contributed by atoms with E-state index >= 15 is 0 Å². The Morgan fingerprint density at radius 3 is 2.14 bits per heavy atom. The Labute approximate surface area is 202 Å². The molecule has 1 N–H and O–H groups in total. The fraction of sp³-hybridized carbons (Fsp3) is 0.192. The maximum Gasteiger partial charge on any atom is 0.227 e. The lowest BCUT2D eigenvalue weighted by Crippen LogP contribution is -2.12. The molecule has 0 aliphatic heterocycles. The Bertz CT molecular complexity index is 1270. The molecule has 0 radical (unpaired) electrons. The monoisotopic (exact) mass is 475 g/mol. The Hall–Kier alpha value is -4.53. The SMILES string of the molecule is COc1ccc(Oc2cc(NC(=O)CCc3nc(-c4ccc(OC)cc4)no3)ccc2OC)cc1. The molecule has 180 valence electrons. The highest BCUT2D eigenvalue weighted by Gasteiger charge is 2.13. The van der Waals surface area contributed by atoms with E-state index in [4.69, 9.17) is 23.5 Å². The molecule has 9 heteroatoms. The van der Waals surface area contributed by atoms with Crippen LogP contribution < -0.4 is 24.3 Å². The van der Waals surface area contributed by atoms with Crippen LogP contribution in [0.25, 0.3) is 11.4 Å². The van der Waals surface area contributed by atoms with Gasteiger partial charge in [0.25, 0.3) is 0 Å². The molecule has 0 aliphatic rings.